The fraction of sp³-hybridized carbons (Fsp3) is 1.00. The van der Waals surface area contributed by atoms with Crippen molar-refractivity contribution in [3.63, 3.8) is 0 Å². The van der Waals surface area contributed by atoms with Crippen molar-refractivity contribution in [2.45, 2.75) is 32.0 Å². The predicted octanol–water partition coefficient (Wildman–Crippen LogP) is -1.23. The minimum Gasteiger partial charge on any atom is -0.396 e. The molecule has 0 heterocycles. The lowest BCUT2D eigenvalue weighted by atomic mass is 10.4. The van der Waals surface area contributed by atoms with E-state index in [0.29, 0.717) is 6.42 Å². The summed E-state index contributed by atoms with van der Waals surface area (Å²) in [5.41, 5.74) is 0. The Morgan fingerprint density at radius 2 is 1.71 bits per heavy atom. The SMILES string of the molecule is CC(C)(O)OC(O)(CO)OCCCO. The van der Waals surface area contributed by atoms with Crippen molar-refractivity contribution in [2.75, 3.05) is 19.8 Å². The Kier molecular flexibility index (Phi) is 5.50. The van der Waals surface area contributed by atoms with Gasteiger partial charge < -0.3 is 25.2 Å². The summed E-state index contributed by atoms with van der Waals surface area (Å²) in [6.07, 6.45) is 0.303. The van der Waals surface area contributed by atoms with Crippen LogP contribution in [0.3, 0.4) is 0 Å². The molecule has 4 N–H and O–H groups in total. The Morgan fingerprint density at radius 3 is 2.07 bits per heavy atom. The maximum Gasteiger partial charge on any atom is 0.307 e. The Balaban J connectivity index is 4.04. The van der Waals surface area contributed by atoms with Crippen LogP contribution in [-0.4, -0.2) is 52.0 Å². The lowest BCUT2D eigenvalue weighted by Gasteiger charge is -2.31. The molecule has 6 heteroatoms. The highest BCUT2D eigenvalue weighted by molar-refractivity contribution is 4.58. The van der Waals surface area contributed by atoms with Crippen molar-refractivity contribution in [1.29, 1.82) is 0 Å². The molecule has 6 nitrogen and oxygen atoms in total. The fourth-order valence-electron chi connectivity index (χ4n) is 0.794. The van der Waals surface area contributed by atoms with Crippen LogP contribution in [0.5, 0.6) is 0 Å². The maximum atomic E-state index is 9.45. The quantitative estimate of drug-likeness (QED) is 0.310. The molecule has 0 radical (unpaired) electrons. The molecule has 0 saturated carbocycles. The van der Waals surface area contributed by atoms with Gasteiger partial charge in [-0.25, -0.2) is 0 Å². The fourth-order valence-corrected chi connectivity index (χ4v) is 0.794. The Hall–Kier alpha value is -0.240. The first kappa shape index (κ1) is 13.8. The molecule has 14 heavy (non-hydrogen) atoms. The first-order valence-corrected chi connectivity index (χ1v) is 4.33. The molecule has 1 unspecified atom stereocenters. The zero-order valence-corrected chi connectivity index (χ0v) is 8.43. The van der Waals surface area contributed by atoms with E-state index in [9.17, 15) is 10.2 Å². The molecular weight excluding hydrogens is 192 g/mol. The van der Waals surface area contributed by atoms with Crippen molar-refractivity contribution in [1.82, 2.24) is 0 Å². The summed E-state index contributed by atoms with van der Waals surface area (Å²) in [5, 5.41) is 35.9. The molecule has 0 fully saturated rings. The van der Waals surface area contributed by atoms with Crippen molar-refractivity contribution < 1.29 is 29.9 Å². The molecule has 0 aromatic rings. The van der Waals surface area contributed by atoms with Gasteiger partial charge in [-0.2, -0.15) is 0 Å². The average molecular weight is 210 g/mol. The average Bonchev–Trinajstić information content (AvgIpc) is 2.02. The van der Waals surface area contributed by atoms with Crippen LogP contribution < -0.4 is 0 Å². The standard InChI is InChI=1S/C8H18O6/c1-7(2,11)14-8(12,6-10)13-5-3-4-9/h9-12H,3-6H2,1-2H3. The van der Waals surface area contributed by atoms with Crippen LogP contribution in [0.15, 0.2) is 0 Å². The van der Waals surface area contributed by atoms with Crippen LogP contribution in [0.4, 0.5) is 0 Å². The Bertz CT molecular complexity index is 154. The normalized spacial score (nSPS) is 16.7. The molecule has 0 aliphatic heterocycles. The molecule has 0 spiro atoms. The van der Waals surface area contributed by atoms with Gasteiger partial charge in [0.15, 0.2) is 5.79 Å². The number of aliphatic hydroxyl groups is 4. The van der Waals surface area contributed by atoms with Crippen LogP contribution in [0, 0.1) is 0 Å². The van der Waals surface area contributed by atoms with Crippen molar-refractivity contribution in [2.24, 2.45) is 0 Å². The molecule has 0 aromatic heterocycles. The lowest BCUT2D eigenvalue weighted by molar-refractivity contribution is -0.430. The van der Waals surface area contributed by atoms with Gasteiger partial charge in [-0.1, -0.05) is 0 Å². The molecule has 0 aliphatic carbocycles. The van der Waals surface area contributed by atoms with Gasteiger partial charge in [0, 0.05) is 6.61 Å². The largest absolute Gasteiger partial charge is 0.396 e. The predicted molar refractivity (Wildman–Crippen MR) is 47.1 cm³/mol. The zero-order valence-electron chi connectivity index (χ0n) is 8.43. The third-order valence-electron chi connectivity index (χ3n) is 1.24. The van der Waals surface area contributed by atoms with E-state index >= 15 is 0 Å². The van der Waals surface area contributed by atoms with Crippen molar-refractivity contribution >= 4 is 0 Å². The minimum absolute atomic E-state index is 0.0175. The Morgan fingerprint density at radius 1 is 1.14 bits per heavy atom. The molecule has 0 rings (SSSR count). The lowest BCUT2D eigenvalue weighted by Crippen LogP contribution is -2.46. The summed E-state index contributed by atoms with van der Waals surface area (Å²) < 4.78 is 9.44. The minimum atomic E-state index is -2.23. The molecule has 0 amide bonds. The van der Waals surface area contributed by atoms with Crippen LogP contribution in [0.2, 0.25) is 0 Å². The summed E-state index contributed by atoms with van der Waals surface area (Å²) in [6.45, 7) is 1.71. The first-order chi connectivity index (χ1) is 6.33. The van der Waals surface area contributed by atoms with Gasteiger partial charge in [0.2, 0.25) is 0 Å². The highest BCUT2D eigenvalue weighted by atomic mass is 16.9. The monoisotopic (exact) mass is 210 g/mol. The second kappa shape index (κ2) is 5.59. The van der Waals surface area contributed by atoms with E-state index in [1.54, 1.807) is 0 Å². The summed E-state index contributed by atoms with van der Waals surface area (Å²) >= 11 is 0. The molecule has 1 atom stereocenters. The van der Waals surface area contributed by atoms with Crippen LogP contribution in [0.25, 0.3) is 0 Å². The zero-order chi connectivity index (χ0) is 11.2. The third-order valence-corrected chi connectivity index (χ3v) is 1.24. The van der Waals surface area contributed by atoms with E-state index in [-0.39, 0.29) is 13.2 Å². The molecule has 0 aromatic carbocycles. The summed E-state index contributed by atoms with van der Waals surface area (Å²) in [4.78, 5) is 0. The number of rotatable bonds is 7. The summed E-state index contributed by atoms with van der Waals surface area (Å²) in [5.74, 6) is -3.84. The molecular formula is C8H18O6. The van der Waals surface area contributed by atoms with Crippen molar-refractivity contribution in [3.8, 4) is 0 Å². The van der Waals surface area contributed by atoms with E-state index in [0.717, 1.165) is 0 Å². The van der Waals surface area contributed by atoms with Gasteiger partial charge in [-0.3, -0.25) is 4.74 Å². The van der Waals surface area contributed by atoms with Crippen LogP contribution in [-0.2, 0) is 9.47 Å². The van der Waals surface area contributed by atoms with Crippen LogP contribution >= 0.6 is 0 Å². The highest BCUT2D eigenvalue weighted by Crippen LogP contribution is 2.17. The third kappa shape index (κ3) is 6.25. The van der Waals surface area contributed by atoms with Crippen molar-refractivity contribution in [3.05, 3.63) is 0 Å². The number of aliphatic hydroxyl groups excluding tert-OH is 2. The summed E-state index contributed by atoms with van der Waals surface area (Å²) in [7, 11) is 0. The number of ether oxygens (including phenoxy) is 2. The molecule has 0 aliphatic rings. The molecule has 0 saturated heterocycles. The van der Waals surface area contributed by atoms with Gasteiger partial charge >= 0.3 is 5.97 Å². The van der Waals surface area contributed by atoms with Gasteiger partial charge in [0.1, 0.15) is 6.61 Å². The van der Waals surface area contributed by atoms with Gasteiger partial charge in [-0.05, 0) is 20.3 Å². The molecule has 0 bridgehead atoms. The number of hydrogen-bond donors (Lipinski definition) is 4. The van der Waals surface area contributed by atoms with Gasteiger partial charge in [0.25, 0.3) is 0 Å². The van der Waals surface area contributed by atoms with Gasteiger partial charge in [0.05, 0.1) is 6.61 Å². The highest BCUT2D eigenvalue weighted by Gasteiger charge is 2.34. The topological polar surface area (TPSA) is 99.4 Å². The smallest absolute Gasteiger partial charge is 0.307 e. The Labute approximate surface area is 82.7 Å². The van der Waals surface area contributed by atoms with E-state index < -0.39 is 18.4 Å². The van der Waals surface area contributed by atoms with Gasteiger partial charge in [-0.15, -0.1) is 0 Å². The summed E-state index contributed by atoms with van der Waals surface area (Å²) in [6, 6.07) is 0. The van der Waals surface area contributed by atoms with Crippen LogP contribution in [0.1, 0.15) is 20.3 Å². The van der Waals surface area contributed by atoms with E-state index in [4.69, 9.17) is 14.9 Å². The second-order valence-corrected chi connectivity index (χ2v) is 3.35. The van der Waals surface area contributed by atoms with E-state index in [1.807, 2.05) is 0 Å². The van der Waals surface area contributed by atoms with E-state index in [1.165, 1.54) is 13.8 Å². The van der Waals surface area contributed by atoms with E-state index in [2.05, 4.69) is 4.74 Å². The first-order valence-electron chi connectivity index (χ1n) is 4.33. The number of hydrogen-bond acceptors (Lipinski definition) is 6. The molecule has 86 valence electrons. The maximum absolute atomic E-state index is 9.45. The second-order valence-electron chi connectivity index (χ2n) is 3.35.